The monoisotopic (exact) mass is 375 g/mol. The molecule has 27 heavy (non-hydrogen) atoms. The molecule has 3 heterocycles. The lowest BCUT2D eigenvalue weighted by atomic mass is 10.0. The van der Waals surface area contributed by atoms with E-state index < -0.39 is 0 Å². The molecule has 0 spiro atoms. The van der Waals surface area contributed by atoms with Crippen LogP contribution in [0.5, 0.6) is 0 Å². The van der Waals surface area contributed by atoms with Crippen LogP contribution in [0.1, 0.15) is 25.7 Å². The molecule has 4 rings (SSSR count). The molecule has 3 aliphatic rings. The number of halogens is 1. The molecule has 0 saturated carbocycles. The molecule has 3 saturated heterocycles. The summed E-state index contributed by atoms with van der Waals surface area (Å²) in [6.07, 6.45) is 4.11. The van der Waals surface area contributed by atoms with Gasteiger partial charge in [0.05, 0.1) is 12.5 Å². The van der Waals surface area contributed by atoms with Gasteiger partial charge in [0.25, 0.3) is 0 Å². The van der Waals surface area contributed by atoms with Crippen LogP contribution in [-0.2, 0) is 9.53 Å². The Morgan fingerprint density at radius 3 is 2.63 bits per heavy atom. The molecule has 0 radical (unpaired) electrons. The molecule has 0 aromatic heterocycles. The van der Waals surface area contributed by atoms with Crippen molar-refractivity contribution in [3.63, 3.8) is 0 Å². The zero-order valence-electron chi connectivity index (χ0n) is 16.0. The van der Waals surface area contributed by atoms with Gasteiger partial charge >= 0.3 is 0 Å². The van der Waals surface area contributed by atoms with E-state index in [0.717, 1.165) is 77.2 Å². The van der Waals surface area contributed by atoms with Crippen molar-refractivity contribution in [1.82, 2.24) is 9.80 Å². The number of piperidine rings is 1. The molecule has 148 valence electrons. The van der Waals surface area contributed by atoms with Crippen molar-refractivity contribution < 1.29 is 13.9 Å². The Balaban J connectivity index is 1.28. The smallest absolute Gasteiger partial charge is 0.228 e. The van der Waals surface area contributed by atoms with Gasteiger partial charge in [0.1, 0.15) is 5.82 Å². The second-order valence-corrected chi connectivity index (χ2v) is 7.97. The van der Waals surface area contributed by atoms with Crippen molar-refractivity contribution in [3.05, 3.63) is 30.1 Å². The van der Waals surface area contributed by atoms with E-state index in [0.29, 0.717) is 12.6 Å². The van der Waals surface area contributed by atoms with Crippen molar-refractivity contribution in [2.24, 2.45) is 5.92 Å². The third-order valence-corrected chi connectivity index (χ3v) is 6.28. The van der Waals surface area contributed by atoms with Crippen LogP contribution in [0, 0.1) is 11.7 Å². The Bertz CT molecular complexity index is 642. The van der Waals surface area contributed by atoms with Crippen LogP contribution in [0.15, 0.2) is 24.3 Å². The Kier molecular flexibility index (Phi) is 5.93. The fraction of sp³-hybridized carbons (Fsp3) is 0.667. The summed E-state index contributed by atoms with van der Waals surface area (Å²) in [5.74, 6) is 0.195. The lowest BCUT2D eigenvalue weighted by Gasteiger charge is -2.39. The zero-order valence-corrected chi connectivity index (χ0v) is 16.0. The van der Waals surface area contributed by atoms with Gasteiger partial charge in [-0.15, -0.1) is 0 Å². The Labute approximate surface area is 161 Å². The summed E-state index contributed by atoms with van der Waals surface area (Å²) in [6, 6.07) is 7.47. The highest BCUT2D eigenvalue weighted by atomic mass is 19.1. The maximum Gasteiger partial charge on any atom is 0.228 e. The van der Waals surface area contributed by atoms with Crippen molar-refractivity contribution in [2.45, 2.75) is 31.7 Å². The number of carbonyl (C=O) groups is 1. The van der Waals surface area contributed by atoms with Gasteiger partial charge in [-0.1, -0.05) is 6.07 Å². The van der Waals surface area contributed by atoms with Gasteiger partial charge in [-0.2, -0.15) is 0 Å². The minimum absolute atomic E-state index is 0.0751. The first-order valence-electron chi connectivity index (χ1n) is 10.3. The van der Waals surface area contributed by atoms with Crippen molar-refractivity contribution >= 4 is 11.6 Å². The number of amides is 1. The molecule has 1 amide bonds. The van der Waals surface area contributed by atoms with E-state index in [-0.39, 0.29) is 17.6 Å². The maximum absolute atomic E-state index is 13.5. The van der Waals surface area contributed by atoms with Crippen LogP contribution in [0.4, 0.5) is 10.1 Å². The fourth-order valence-electron chi connectivity index (χ4n) is 4.67. The Morgan fingerprint density at radius 2 is 1.89 bits per heavy atom. The summed E-state index contributed by atoms with van der Waals surface area (Å²) in [5.41, 5.74) is 0.986. The molecule has 1 aromatic carbocycles. The van der Waals surface area contributed by atoms with E-state index in [1.54, 1.807) is 12.1 Å². The molecule has 3 aliphatic heterocycles. The molecule has 1 unspecified atom stereocenters. The van der Waals surface area contributed by atoms with Gasteiger partial charge in [-0.05, 0) is 43.9 Å². The van der Waals surface area contributed by atoms with Crippen LogP contribution in [0.2, 0.25) is 0 Å². The predicted molar refractivity (Wildman–Crippen MR) is 103 cm³/mol. The van der Waals surface area contributed by atoms with E-state index >= 15 is 0 Å². The molecule has 5 nitrogen and oxygen atoms in total. The molecular weight excluding hydrogens is 345 g/mol. The number of nitrogens with zero attached hydrogens (tertiary/aromatic N) is 3. The van der Waals surface area contributed by atoms with Gasteiger partial charge in [-0.25, -0.2) is 4.39 Å². The molecule has 6 heteroatoms. The first kappa shape index (κ1) is 18.7. The number of carbonyl (C=O) groups excluding carboxylic acids is 1. The van der Waals surface area contributed by atoms with Gasteiger partial charge < -0.3 is 14.5 Å². The highest BCUT2D eigenvalue weighted by Crippen LogP contribution is 2.24. The number of hydrogen-bond donors (Lipinski definition) is 0. The second-order valence-electron chi connectivity index (χ2n) is 7.97. The molecule has 3 fully saturated rings. The number of ether oxygens (including phenoxy) is 1. The number of hydrogen-bond acceptors (Lipinski definition) is 4. The molecular formula is C21H30FN3O2. The number of anilines is 1. The van der Waals surface area contributed by atoms with Crippen LogP contribution in [-0.4, -0.2) is 74.2 Å². The Hall–Kier alpha value is -1.66. The standard InChI is InChI=1S/C21H30FN3O2/c22-18-3-1-4-20(15-18)24-10-5-19(6-11-24)23-8-2-9-25(13-12-23)21(26)17-7-14-27-16-17/h1,3-4,15,17,19H,2,5-14,16H2. The third kappa shape index (κ3) is 4.43. The lowest BCUT2D eigenvalue weighted by Crippen LogP contribution is -2.46. The van der Waals surface area contributed by atoms with Gasteiger partial charge in [-0.3, -0.25) is 9.69 Å². The van der Waals surface area contributed by atoms with Crippen molar-refractivity contribution in [3.8, 4) is 0 Å². The summed E-state index contributed by atoms with van der Waals surface area (Å²) in [5, 5.41) is 0. The van der Waals surface area contributed by atoms with Crippen LogP contribution in [0.25, 0.3) is 0 Å². The molecule has 1 aromatic rings. The lowest BCUT2D eigenvalue weighted by molar-refractivity contribution is -0.135. The third-order valence-electron chi connectivity index (χ3n) is 6.28. The predicted octanol–water partition coefficient (Wildman–Crippen LogP) is 2.37. The van der Waals surface area contributed by atoms with Crippen LogP contribution in [0.3, 0.4) is 0 Å². The first-order chi connectivity index (χ1) is 13.2. The van der Waals surface area contributed by atoms with E-state index in [9.17, 15) is 9.18 Å². The van der Waals surface area contributed by atoms with E-state index in [2.05, 4.69) is 14.7 Å². The van der Waals surface area contributed by atoms with E-state index in [4.69, 9.17) is 4.74 Å². The second kappa shape index (κ2) is 8.57. The summed E-state index contributed by atoms with van der Waals surface area (Å²) >= 11 is 0. The highest BCUT2D eigenvalue weighted by molar-refractivity contribution is 5.79. The maximum atomic E-state index is 13.5. The number of benzene rings is 1. The first-order valence-corrected chi connectivity index (χ1v) is 10.3. The largest absolute Gasteiger partial charge is 0.381 e. The normalized spacial score (nSPS) is 25.6. The van der Waals surface area contributed by atoms with E-state index in [1.165, 1.54) is 6.07 Å². The average Bonchev–Trinajstić information content (AvgIpc) is 3.12. The summed E-state index contributed by atoms with van der Waals surface area (Å²) in [7, 11) is 0. The SMILES string of the molecule is O=C(C1CCOC1)N1CCCN(C2CCN(c3cccc(F)c3)CC2)CC1. The zero-order chi connectivity index (χ0) is 18.6. The summed E-state index contributed by atoms with van der Waals surface area (Å²) in [4.78, 5) is 19.6. The number of rotatable bonds is 3. The molecule has 0 N–H and O–H groups in total. The van der Waals surface area contributed by atoms with Crippen molar-refractivity contribution in [1.29, 1.82) is 0 Å². The summed E-state index contributed by atoms with van der Waals surface area (Å²) in [6.45, 7) is 6.98. The topological polar surface area (TPSA) is 36.0 Å². The van der Waals surface area contributed by atoms with Gasteiger partial charge in [0.2, 0.25) is 5.91 Å². The summed E-state index contributed by atoms with van der Waals surface area (Å²) < 4.78 is 18.9. The quantitative estimate of drug-likeness (QED) is 0.813. The Morgan fingerprint density at radius 1 is 1.04 bits per heavy atom. The van der Waals surface area contributed by atoms with Crippen molar-refractivity contribution in [2.75, 3.05) is 57.4 Å². The fourth-order valence-corrected chi connectivity index (χ4v) is 4.67. The van der Waals surface area contributed by atoms with Gasteiger partial charge in [0, 0.05) is 57.6 Å². The minimum Gasteiger partial charge on any atom is -0.381 e. The van der Waals surface area contributed by atoms with Gasteiger partial charge in [0.15, 0.2) is 0 Å². The van der Waals surface area contributed by atoms with E-state index in [1.807, 2.05) is 6.07 Å². The average molecular weight is 375 g/mol. The molecule has 0 bridgehead atoms. The van der Waals surface area contributed by atoms with Crippen LogP contribution < -0.4 is 4.90 Å². The van der Waals surface area contributed by atoms with Crippen LogP contribution >= 0.6 is 0 Å². The highest BCUT2D eigenvalue weighted by Gasteiger charge is 2.31. The minimum atomic E-state index is -0.167. The molecule has 0 aliphatic carbocycles. The molecule has 1 atom stereocenters.